The molecule has 158 valence electrons. The van der Waals surface area contributed by atoms with Gasteiger partial charge in [0.05, 0.1) is 12.6 Å². The van der Waals surface area contributed by atoms with Gasteiger partial charge in [-0.1, -0.05) is 18.2 Å². The lowest BCUT2D eigenvalue weighted by Crippen LogP contribution is -2.45. The molecule has 1 aromatic heterocycles. The third-order valence-electron chi connectivity index (χ3n) is 4.61. The second kappa shape index (κ2) is 7.96. The van der Waals surface area contributed by atoms with E-state index in [1.165, 1.54) is 13.2 Å². The predicted octanol–water partition coefficient (Wildman–Crippen LogP) is 3.80. The summed E-state index contributed by atoms with van der Waals surface area (Å²) in [6.45, 7) is 6.37. The average Bonchev–Trinajstić information content (AvgIpc) is 3.00. The van der Waals surface area contributed by atoms with Crippen molar-refractivity contribution in [3.8, 4) is 5.75 Å². The third kappa shape index (κ3) is 5.02. The first-order valence-corrected chi connectivity index (χ1v) is 9.51. The van der Waals surface area contributed by atoms with Crippen molar-refractivity contribution in [3.05, 3.63) is 47.3 Å². The molecular weight excluding hydrogens is 383 g/mol. The number of benzene rings is 1. The first kappa shape index (κ1) is 21.0. The lowest BCUT2D eigenvalue weighted by Gasteiger charge is -2.38. The molecule has 0 radical (unpaired) electrons. The average molecular weight is 409 g/mol. The van der Waals surface area contributed by atoms with E-state index in [4.69, 9.17) is 4.74 Å². The lowest BCUT2D eigenvalue weighted by atomic mass is 9.90. The van der Waals surface area contributed by atoms with Crippen LogP contribution in [-0.2, 0) is 19.8 Å². The zero-order valence-electron chi connectivity index (χ0n) is 17.0. The third-order valence-corrected chi connectivity index (χ3v) is 4.61. The molecule has 0 saturated carbocycles. The Balaban J connectivity index is 1.84. The molecule has 0 saturated heterocycles. The molecule has 9 heteroatoms. The molecular formula is C20H26F3N5O. The molecule has 1 unspecified atom stereocenters. The van der Waals surface area contributed by atoms with Crippen molar-refractivity contribution in [2.75, 3.05) is 6.54 Å². The maximum Gasteiger partial charge on any atom is 0.435 e. The summed E-state index contributed by atoms with van der Waals surface area (Å²) in [6.07, 6.45) is -2.47. The fourth-order valence-electron chi connectivity index (χ4n) is 3.47. The Bertz CT molecular complexity index is 888. The SMILES string of the molecule is CCNC(=NCc1cn(C)nc1C(F)(F)F)NC1CC(C)(C)Oc2ccccc21. The van der Waals surface area contributed by atoms with Gasteiger partial charge in [0.25, 0.3) is 0 Å². The zero-order valence-corrected chi connectivity index (χ0v) is 17.0. The minimum absolute atomic E-state index is 0.0323. The molecule has 0 aliphatic carbocycles. The summed E-state index contributed by atoms with van der Waals surface area (Å²) in [4.78, 5) is 4.39. The highest BCUT2D eigenvalue weighted by Crippen LogP contribution is 2.39. The standard InChI is InChI=1S/C20H26F3N5O/c1-5-24-18(25-11-13-12-28(4)27-17(13)20(21,22)23)26-15-10-19(2,3)29-16-9-7-6-8-14(15)16/h6-9,12,15H,5,10-11H2,1-4H3,(H2,24,25,26). The highest BCUT2D eigenvalue weighted by Gasteiger charge is 2.37. The molecule has 2 heterocycles. The topological polar surface area (TPSA) is 63.5 Å². The van der Waals surface area contributed by atoms with Crippen LogP contribution >= 0.6 is 0 Å². The van der Waals surface area contributed by atoms with Gasteiger partial charge < -0.3 is 15.4 Å². The Labute approximate surface area is 168 Å². The second-order valence-corrected chi connectivity index (χ2v) is 7.67. The van der Waals surface area contributed by atoms with Crippen molar-refractivity contribution >= 4 is 5.96 Å². The quantitative estimate of drug-likeness (QED) is 0.596. The number of halogens is 3. The first-order chi connectivity index (χ1) is 13.6. The molecule has 29 heavy (non-hydrogen) atoms. The summed E-state index contributed by atoms with van der Waals surface area (Å²) in [7, 11) is 1.47. The number of rotatable bonds is 4. The van der Waals surface area contributed by atoms with E-state index in [0.29, 0.717) is 18.9 Å². The van der Waals surface area contributed by atoms with Gasteiger partial charge in [-0.25, -0.2) is 4.99 Å². The molecule has 1 atom stereocenters. The minimum Gasteiger partial charge on any atom is -0.487 e. The van der Waals surface area contributed by atoms with Crippen LogP contribution in [0.15, 0.2) is 35.5 Å². The van der Waals surface area contributed by atoms with Crippen molar-refractivity contribution in [1.29, 1.82) is 0 Å². The number of guanidine groups is 1. The van der Waals surface area contributed by atoms with Crippen LogP contribution in [0.4, 0.5) is 13.2 Å². The van der Waals surface area contributed by atoms with Gasteiger partial charge in [-0.15, -0.1) is 0 Å². The van der Waals surface area contributed by atoms with Crippen LogP contribution < -0.4 is 15.4 Å². The van der Waals surface area contributed by atoms with E-state index in [2.05, 4.69) is 20.7 Å². The lowest BCUT2D eigenvalue weighted by molar-refractivity contribution is -0.142. The number of hydrogen-bond donors (Lipinski definition) is 2. The molecule has 2 N–H and O–H groups in total. The van der Waals surface area contributed by atoms with Gasteiger partial charge in [-0.3, -0.25) is 4.68 Å². The number of nitrogens with one attached hydrogen (secondary N) is 2. The van der Waals surface area contributed by atoms with Gasteiger partial charge in [-0.05, 0) is 26.8 Å². The van der Waals surface area contributed by atoms with Crippen LogP contribution in [0.5, 0.6) is 5.75 Å². The van der Waals surface area contributed by atoms with Gasteiger partial charge in [0.2, 0.25) is 0 Å². The highest BCUT2D eigenvalue weighted by atomic mass is 19.4. The van der Waals surface area contributed by atoms with Crippen molar-refractivity contribution in [2.24, 2.45) is 12.0 Å². The van der Waals surface area contributed by atoms with Crippen LogP contribution in [-0.4, -0.2) is 27.9 Å². The summed E-state index contributed by atoms with van der Waals surface area (Å²) in [5, 5.41) is 10.0. The van der Waals surface area contributed by atoms with Gasteiger partial charge in [0, 0.05) is 37.3 Å². The van der Waals surface area contributed by atoms with Crippen molar-refractivity contribution < 1.29 is 17.9 Å². The molecule has 0 spiro atoms. The number of aliphatic imine (C=N–C) groups is 1. The summed E-state index contributed by atoms with van der Waals surface area (Å²) < 4.78 is 46.8. The number of alkyl halides is 3. The van der Waals surface area contributed by atoms with Gasteiger partial charge in [-0.2, -0.15) is 18.3 Å². The Morgan fingerprint density at radius 3 is 2.76 bits per heavy atom. The number of hydrogen-bond acceptors (Lipinski definition) is 3. The number of aromatic nitrogens is 2. The van der Waals surface area contributed by atoms with E-state index in [1.54, 1.807) is 0 Å². The van der Waals surface area contributed by atoms with E-state index in [0.717, 1.165) is 16.0 Å². The Hall–Kier alpha value is -2.71. The maximum atomic E-state index is 13.2. The van der Waals surface area contributed by atoms with E-state index in [9.17, 15) is 13.2 Å². The molecule has 0 fully saturated rings. The Morgan fingerprint density at radius 1 is 1.34 bits per heavy atom. The molecule has 1 aliphatic heterocycles. The van der Waals surface area contributed by atoms with Crippen LogP contribution in [0, 0.1) is 0 Å². The Morgan fingerprint density at radius 2 is 2.07 bits per heavy atom. The number of ether oxygens (including phenoxy) is 1. The second-order valence-electron chi connectivity index (χ2n) is 7.67. The summed E-state index contributed by atoms with van der Waals surface area (Å²) >= 11 is 0. The van der Waals surface area contributed by atoms with E-state index < -0.39 is 11.9 Å². The molecule has 6 nitrogen and oxygen atoms in total. The Kier molecular flexibility index (Phi) is 5.77. The highest BCUT2D eigenvalue weighted by molar-refractivity contribution is 5.80. The summed E-state index contributed by atoms with van der Waals surface area (Å²) in [5.74, 6) is 1.24. The molecule has 0 amide bonds. The molecule has 3 rings (SSSR count). The van der Waals surface area contributed by atoms with Gasteiger partial charge in [0.15, 0.2) is 11.7 Å². The summed E-state index contributed by atoms with van der Waals surface area (Å²) in [5.41, 5.74) is -0.257. The van der Waals surface area contributed by atoms with Crippen LogP contribution in [0.25, 0.3) is 0 Å². The zero-order chi connectivity index (χ0) is 21.2. The van der Waals surface area contributed by atoms with Crippen LogP contribution in [0.2, 0.25) is 0 Å². The largest absolute Gasteiger partial charge is 0.487 e. The van der Waals surface area contributed by atoms with Crippen LogP contribution in [0.3, 0.4) is 0 Å². The van der Waals surface area contributed by atoms with E-state index in [-0.39, 0.29) is 23.8 Å². The molecule has 1 aromatic carbocycles. The number of aryl methyl sites for hydroxylation is 1. The van der Waals surface area contributed by atoms with Crippen LogP contribution in [0.1, 0.15) is 50.1 Å². The summed E-state index contributed by atoms with van der Waals surface area (Å²) in [6, 6.07) is 7.67. The minimum atomic E-state index is -4.51. The fraction of sp³-hybridized carbons (Fsp3) is 0.500. The van der Waals surface area contributed by atoms with Crippen molar-refractivity contribution in [2.45, 2.75) is 51.6 Å². The van der Waals surface area contributed by atoms with E-state index >= 15 is 0 Å². The number of para-hydroxylation sites is 1. The van der Waals surface area contributed by atoms with Crippen molar-refractivity contribution in [1.82, 2.24) is 20.4 Å². The van der Waals surface area contributed by atoms with Crippen molar-refractivity contribution in [3.63, 3.8) is 0 Å². The number of fused-ring (bicyclic) bond motifs is 1. The van der Waals surface area contributed by atoms with Gasteiger partial charge >= 0.3 is 6.18 Å². The molecule has 2 aromatic rings. The smallest absolute Gasteiger partial charge is 0.435 e. The fourth-order valence-corrected chi connectivity index (χ4v) is 3.47. The monoisotopic (exact) mass is 409 g/mol. The first-order valence-electron chi connectivity index (χ1n) is 9.51. The van der Waals surface area contributed by atoms with E-state index in [1.807, 2.05) is 45.0 Å². The molecule has 1 aliphatic rings. The maximum absolute atomic E-state index is 13.2. The van der Waals surface area contributed by atoms with Gasteiger partial charge in [0.1, 0.15) is 11.4 Å². The number of nitrogens with zero attached hydrogens (tertiary/aromatic N) is 3. The molecule has 0 bridgehead atoms. The normalized spacial score (nSPS) is 18.7. The predicted molar refractivity (Wildman–Crippen MR) is 105 cm³/mol.